The molecule has 0 bridgehead atoms. The molecule has 0 aliphatic carbocycles. The summed E-state index contributed by atoms with van der Waals surface area (Å²) in [5, 5.41) is 9.21. The van der Waals surface area contributed by atoms with Gasteiger partial charge in [-0.3, -0.25) is 9.59 Å². The Balaban J connectivity index is 1.96. The van der Waals surface area contributed by atoms with Crippen molar-refractivity contribution >= 4 is 23.6 Å². The Labute approximate surface area is 139 Å². The van der Waals surface area contributed by atoms with Crippen LogP contribution < -0.4 is 5.32 Å². The van der Waals surface area contributed by atoms with E-state index in [4.69, 9.17) is 4.42 Å². The van der Waals surface area contributed by atoms with Crippen LogP contribution >= 0.6 is 11.8 Å². The Morgan fingerprint density at radius 3 is 2.62 bits per heavy atom. The zero-order chi connectivity index (χ0) is 17.7. The average molecular weight is 357 g/mol. The highest BCUT2D eigenvalue weighted by molar-refractivity contribution is 8.00. The molecule has 24 heavy (non-hydrogen) atoms. The van der Waals surface area contributed by atoms with E-state index in [-0.39, 0.29) is 17.7 Å². The van der Waals surface area contributed by atoms with Crippen LogP contribution in [-0.2, 0) is 16.1 Å². The van der Waals surface area contributed by atoms with E-state index in [1.165, 1.54) is 7.11 Å². The second-order valence-corrected chi connectivity index (χ2v) is 5.82. The molecular weight excluding hydrogens is 344 g/mol. The quantitative estimate of drug-likeness (QED) is 0.623. The number of carbonyl (C=O) groups excluding carboxylic acids is 2. The second-order valence-electron chi connectivity index (χ2n) is 4.52. The maximum absolute atomic E-state index is 13.5. The summed E-state index contributed by atoms with van der Waals surface area (Å²) in [6, 6.07) is 3.12. The highest BCUT2D eigenvalue weighted by atomic mass is 32.2. The molecular formula is C14H13F2N3O4S. The van der Waals surface area contributed by atoms with Crippen molar-refractivity contribution in [3.05, 3.63) is 41.3 Å². The first-order valence-electron chi connectivity index (χ1n) is 6.71. The van der Waals surface area contributed by atoms with Gasteiger partial charge in [0.05, 0.1) is 13.7 Å². The first-order valence-corrected chi connectivity index (χ1v) is 7.59. The van der Waals surface area contributed by atoms with Crippen molar-refractivity contribution in [1.82, 2.24) is 15.5 Å². The molecule has 7 nitrogen and oxygen atoms in total. The van der Waals surface area contributed by atoms with Gasteiger partial charge in [0, 0.05) is 0 Å². The van der Waals surface area contributed by atoms with E-state index in [1.54, 1.807) is 6.92 Å². The van der Waals surface area contributed by atoms with Crippen LogP contribution in [0.5, 0.6) is 0 Å². The lowest BCUT2D eigenvalue weighted by atomic mass is 10.2. The van der Waals surface area contributed by atoms with Crippen molar-refractivity contribution < 1.29 is 27.5 Å². The van der Waals surface area contributed by atoms with Gasteiger partial charge in [0.25, 0.3) is 11.1 Å². The summed E-state index contributed by atoms with van der Waals surface area (Å²) in [5.41, 5.74) is -0.689. The molecule has 1 heterocycles. The molecule has 0 spiro atoms. The molecule has 0 radical (unpaired) electrons. The van der Waals surface area contributed by atoms with E-state index >= 15 is 0 Å². The predicted molar refractivity (Wildman–Crippen MR) is 79.2 cm³/mol. The van der Waals surface area contributed by atoms with Crippen molar-refractivity contribution in [2.75, 3.05) is 7.11 Å². The molecule has 2 rings (SSSR count). The fraction of sp³-hybridized carbons (Fsp3) is 0.286. The smallest absolute Gasteiger partial charge is 0.319 e. The number of thioether (sulfide) groups is 1. The molecule has 1 atom stereocenters. The van der Waals surface area contributed by atoms with Crippen molar-refractivity contribution in [2.45, 2.75) is 23.9 Å². The molecule has 10 heteroatoms. The molecule has 0 aliphatic heterocycles. The SMILES string of the molecule is COC(=O)[C@H](C)Sc1nnc(CNC(=O)c2c(F)cccc2F)o1. The van der Waals surface area contributed by atoms with Gasteiger partial charge in [-0.05, 0) is 19.1 Å². The number of ether oxygens (including phenoxy) is 1. The summed E-state index contributed by atoms with van der Waals surface area (Å²) in [7, 11) is 1.26. The number of carbonyl (C=O) groups is 2. The first kappa shape index (κ1) is 17.9. The number of aromatic nitrogens is 2. The zero-order valence-electron chi connectivity index (χ0n) is 12.7. The summed E-state index contributed by atoms with van der Waals surface area (Å²) in [6.07, 6.45) is 0. The van der Waals surface area contributed by atoms with E-state index in [2.05, 4.69) is 20.3 Å². The van der Waals surface area contributed by atoms with Gasteiger partial charge < -0.3 is 14.5 Å². The minimum Gasteiger partial charge on any atom is -0.468 e. The van der Waals surface area contributed by atoms with Crippen LogP contribution in [0.4, 0.5) is 8.78 Å². The minimum atomic E-state index is -0.971. The fourth-order valence-electron chi connectivity index (χ4n) is 1.68. The summed E-state index contributed by atoms with van der Waals surface area (Å²) in [4.78, 5) is 23.1. The Bertz CT molecular complexity index is 733. The number of nitrogens with one attached hydrogen (secondary N) is 1. The van der Waals surface area contributed by atoms with Crippen molar-refractivity contribution in [3.8, 4) is 0 Å². The monoisotopic (exact) mass is 357 g/mol. The van der Waals surface area contributed by atoms with Gasteiger partial charge in [0.15, 0.2) is 0 Å². The van der Waals surface area contributed by atoms with Crippen LogP contribution in [0.2, 0.25) is 0 Å². The standard InChI is InChI=1S/C14H13F2N3O4S/c1-7(13(21)22-2)24-14-19-18-10(23-14)6-17-12(20)11-8(15)4-3-5-9(11)16/h3-5,7H,6H2,1-2H3,(H,17,20)/t7-/m0/s1. The van der Waals surface area contributed by atoms with Gasteiger partial charge in [-0.1, -0.05) is 17.8 Å². The number of rotatable bonds is 6. The maximum atomic E-state index is 13.5. The van der Waals surface area contributed by atoms with E-state index in [0.717, 1.165) is 30.0 Å². The molecule has 1 aromatic carbocycles. The summed E-state index contributed by atoms with van der Waals surface area (Å²) >= 11 is 0.985. The molecule has 2 aromatic rings. The van der Waals surface area contributed by atoms with E-state index in [1.807, 2.05) is 0 Å². The third-order valence-electron chi connectivity index (χ3n) is 2.85. The molecule has 0 unspecified atom stereocenters. The highest BCUT2D eigenvalue weighted by Crippen LogP contribution is 2.22. The van der Waals surface area contributed by atoms with Crippen molar-refractivity contribution in [3.63, 3.8) is 0 Å². The minimum absolute atomic E-state index is 0.0275. The average Bonchev–Trinajstić information content (AvgIpc) is 2.99. The lowest BCUT2D eigenvalue weighted by Gasteiger charge is -2.05. The fourth-order valence-corrected chi connectivity index (χ4v) is 2.41. The van der Waals surface area contributed by atoms with Crippen LogP contribution in [0.3, 0.4) is 0 Å². The topological polar surface area (TPSA) is 94.3 Å². The Morgan fingerprint density at radius 1 is 1.33 bits per heavy atom. The molecule has 1 N–H and O–H groups in total. The number of methoxy groups -OCH3 is 1. The number of amides is 1. The third-order valence-corrected chi connectivity index (χ3v) is 3.76. The van der Waals surface area contributed by atoms with Crippen LogP contribution in [0.15, 0.2) is 27.8 Å². The molecule has 0 fully saturated rings. The Morgan fingerprint density at radius 2 is 2.00 bits per heavy atom. The molecule has 0 saturated carbocycles. The molecule has 128 valence electrons. The zero-order valence-corrected chi connectivity index (χ0v) is 13.5. The van der Waals surface area contributed by atoms with E-state index in [0.29, 0.717) is 0 Å². The summed E-state index contributed by atoms with van der Waals surface area (Å²) in [6.45, 7) is 1.38. The van der Waals surface area contributed by atoms with Crippen LogP contribution in [0.1, 0.15) is 23.2 Å². The van der Waals surface area contributed by atoms with Gasteiger partial charge in [0.2, 0.25) is 5.89 Å². The van der Waals surface area contributed by atoms with Crippen LogP contribution in [0.25, 0.3) is 0 Å². The third kappa shape index (κ3) is 4.28. The van der Waals surface area contributed by atoms with Crippen molar-refractivity contribution in [2.24, 2.45) is 0 Å². The Kier molecular flexibility index (Phi) is 5.85. The van der Waals surface area contributed by atoms with E-state index < -0.39 is 34.3 Å². The maximum Gasteiger partial charge on any atom is 0.319 e. The van der Waals surface area contributed by atoms with Crippen LogP contribution in [-0.4, -0.2) is 34.4 Å². The van der Waals surface area contributed by atoms with Gasteiger partial charge in [-0.25, -0.2) is 8.78 Å². The van der Waals surface area contributed by atoms with Gasteiger partial charge >= 0.3 is 5.97 Å². The lowest BCUT2D eigenvalue weighted by molar-refractivity contribution is -0.139. The number of halogens is 2. The number of hydrogen-bond donors (Lipinski definition) is 1. The van der Waals surface area contributed by atoms with Gasteiger partial charge in [0.1, 0.15) is 22.4 Å². The molecule has 0 aliphatic rings. The highest BCUT2D eigenvalue weighted by Gasteiger charge is 2.20. The molecule has 0 saturated heterocycles. The first-order chi connectivity index (χ1) is 11.4. The predicted octanol–water partition coefficient (Wildman–Crippen LogP) is 1.93. The number of benzene rings is 1. The normalized spacial score (nSPS) is 11.8. The number of esters is 1. The largest absolute Gasteiger partial charge is 0.468 e. The number of hydrogen-bond acceptors (Lipinski definition) is 7. The van der Waals surface area contributed by atoms with Crippen molar-refractivity contribution in [1.29, 1.82) is 0 Å². The lowest BCUT2D eigenvalue weighted by Crippen LogP contribution is -2.25. The molecule has 1 amide bonds. The van der Waals surface area contributed by atoms with E-state index in [9.17, 15) is 18.4 Å². The Hall–Kier alpha value is -2.49. The van der Waals surface area contributed by atoms with Gasteiger partial charge in [-0.15, -0.1) is 10.2 Å². The second kappa shape index (κ2) is 7.86. The van der Waals surface area contributed by atoms with Crippen LogP contribution in [0, 0.1) is 11.6 Å². The van der Waals surface area contributed by atoms with Gasteiger partial charge in [-0.2, -0.15) is 0 Å². The summed E-state index contributed by atoms with van der Waals surface area (Å²) in [5.74, 6) is -3.31. The number of nitrogens with zero attached hydrogens (tertiary/aromatic N) is 2. The molecule has 1 aromatic heterocycles. The summed E-state index contributed by atoms with van der Waals surface area (Å²) < 4.78 is 36.8.